The van der Waals surface area contributed by atoms with Crippen molar-refractivity contribution in [2.75, 3.05) is 0 Å². The van der Waals surface area contributed by atoms with Crippen molar-refractivity contribution in [3.8, 4) is 112 Å². The zero-order valence-electron chi connectivity index (χ0n) is 58.5. The van der Waals surface area contributed by atoms with Crippen LogP contribution in [-0.2, 0) is 0 Å². The first-order chi connectivity index (χ1) is 53.6. The smallest absolute Gasteiger partial charge is 0.0571 e. The summed E-state index contributed by atoms with van der Waals surface area (Å²) in [5.74, 6) is 0. The topological polar surface area (TPSA) is 45.5 Å². The number of hydrogen-bond donors (Lipinski definition) is 0. The average Bonchev–Trinajstić information content (AvgIpc) is 1.58. The number of para-hydroxylation sites is 4. The summed E-state index contributed by atoms with van der Waals surface area (Å²) in [6.07, 6.45) is 7.79. The van der Waals surface area contributed by atoms with Crippen LogP contribution in [0.5, 0.6) is 0 Å². The molecule has 6 nitrogen and oxygen atoms in total. The number of rotatable bonds is 8. The highest BCUT2D eigenvalue weighted by Gasteiger charge is 2.26. The van der Waals surface area contributed by atoms with Crippen LogP contribution in [-0.4, -0.2) is 28.2 Å². The normalized spacial score (nSPS) is 12.1. The van der Waals surface area contributed by atoms with E-state index in [1.54, 1.807) is 0 Å². The predicted octanol–water partition coefficient (Wildman–Crippen LogP) is 26.8. The van der Waals surface area contributed by atoms with Crippen molar-refractivity contribution >= 4 is 109 Å². The molecule has 2 aliphatic carbocycles. The average molecular weight is 1370 g/mol. The quantitative estimate of drug-likeness (QED) is 0.152. The summed E-state index contributed by atoms with van der Waals surface area (Å²) >= 11 is 0. The molecule has 0 fully saturated rings. The van der Waals surface area contributed by atoms with Gasteiger partial charge in [0.25, 0.3) is 0 Å². The second-order valence-corrected chi connectivity index (χ2v) is 28.7. The maximum Gasteiger partial charge on any atom is 0.0571 e. The van der Waals surface area contributed by atoms with Crippen LogP contribution in [0.1, 0.15) is 0 Å². The van der Waals surface area contributed by atoms with E-state index in [4.69, 9.17) is 0 Å². The van der Waals surface area contributed by atoms with E-state index in [0.717, 1.165) is 44.4 Å². The van der Waals surface area contributed by atoms with Gasteiger partial charge >= 0.3 is 0 Å². The Labute approximate surface area is 621 Å². The lowest BCUT2D eigenvalue weighted by Gasteiger charge is -2.13. The van der Waals surface area contributed by atoms with Gasteiger partial charge < -0.3 is 18.3 Å². The van der Waals surface area contributed by atoms with Gasteiger partial charge in [-0.25, -0.2) is 0 Å². The van der Waals surface area contributed by atoms with Gasteiger partial charge in [-0.1, -0.05) is 231 Å². The van der Waals surface area contributed by atoms with Crippen molar-refractivity contribution in [3.63, 3.8) is 0 Å². The van der Waals surface area contributed by atoms with Crippen LogP contribution in [0, 0.1) is 0 Å². The van der Waals surface area contributed by atoms with Gasteiger partial charge in [-0.3, -0.25) is 9.97 Å². The summed E-state index contributed by atoms with van der Waals surface area (Å²) < 4.78 is 9.51. The molecular formula is C102H62N6. The molecule has 0 unspecified atom stereocenters. The highest BCUT2D eigenvalue weighted by atomic mass is 15.0. The van der Waals surface area contributed by atoms with E-state index in [2.05, 4.69) is 380 Å². The van der Waals surface area contributed by atoms with Gasteiger partial charge in [0, 0.05) is 90.6 Å². The SMILES string of the molecule is c1ccc(-n2c3ccccc3c3cc(-c4ccc5c(c4)c4cnccc4n5-c4cccc(-c5ccc6c7c(cccc57)-c5ccccc5-6)c4)ccc32)cc1.c1ccc(-n2c3ccncc3c3cc(-c4ccc5c(c4)c4ccccc4n5-c4ccc(-c5ccc6c7c(cccc57)-c5ccccc5-6)cc4)ccc32)cc1. The Hall–Kier alpha value is -14.5. The largest absolute Gasteiger partial charge is 0.309 e. The molecule has 2 aliphatic rings. The first kappa shape index (κ1) is 60.0. The summed E-state index contributed by atoms with van der Waals surface area (Å²) in [6.45, 7) is 0. The van der Waals surface area contributed by atoms with Crippen LogP contribution < -0.4 is 0 Å². The molecular weight excluding hydrogens is 1310 g/mol. The minimum Gasteiger partial charge on any atom is -0.309 e. The number of pyridine rings is 2. The molecule has 6 heterocycles. The minimum absolute atomic E-state index is 1.13. The van der Waals surface area contributed by atoms with E-state index in [9.17, 15) is 0 Å². The Bertz CT molecular complexity index is 7480. The molecule has 6 aromatic heterocycles. The molecule has 6 heteroatoms. The Morgan fingerprint density at radius 1 is 0.157 bits per heavy atom. The van der Waals surface area contributed by atoms with Crippen LogP contribution in [0.2, 0.25) is 0 Å². The highest BCUT2D eigenvalue weighted by Crippen LogP contribution is 2.52. The van der Waals surface area contributed by atoms with E-state index in [-0.39, 0.29) is 0 Å². The van der Waals surface area contributed by atoms with Crippen LogP contribution in [0.15, 0.2) is 377 Å². The van der Waals surface area contributed by atoms with E-state index in [1.165, 1.54) is 176 Å². The lowest BCUT2D eigenvalue weighted by Crippen LogP contribution is -1.95. The zero-order chi connectivity index (χ0) is 70.7. The Morgan fingerprint density at radius 2 is 0.463 bits per heavy atom. The van der Waals surface area contributed by atoms with Crippen LogP contribution >= 0.6 is 0 Å². The highest BCUT2D eigenvalue weighted by molar-refractivity contribution is 6.21. The van der Waals surface area contributed by atoms with Gasteiger partial charge in [0.2, 0.25) is 0 Å². The summed E-state index contributed by atoms with van der Waals surface area (Å²) in [7, 11) is 0. The number of benzene rings is 16. The van der Waals surface area contributed by atoms with Crippen LogP contribution in [0.4, 0.5) is 0 Å². The number of nitrogens with zero attached hydrogens (tertiary/aromatic N) is 6. The molecule has 0 N–H and O–H groups in total. The second-order valence-electron chi connectivity index (χ2n) is 28.7. The Morgan fingerprint density at radius 3 is 0.917 bits per heavy atom. The lowest BCUT2D eigenvalue weighted by atomic mass is 9.94. The molecule has 0 aliphatic heterocycles. The van der Waals surface area contributed by atoms with Gasteiger partial charge in [0.15, 0.2) is 0 Å². The third-order valence-electron chi connectivity index (χ3n) is 23.1. The van der Waals surface area contributed by atoms with Crippen molar-refractivity contribution < 1.29 is 0 Å². The molecule has 0 saturated carbocycles. The molecule has 16 aromatic carbocycles. The molecule has 0 bridgehead atoms. The van der Waals surface area contributed by atoms with Crippen molar-refractivity contribution in [3.05, 3.63) is 377 Å². The lowest BCUT2D eigenvalue weighted by molar-refractivity contribution is 1.17. The number of fused-ring (bicyclic) bond motifs is 18. The molecule has 0 atom stereocenters. The molecule has 0 saturated heterocycles. The van der Waals surface area contributed by atoms with Crippen molar-refractivity contribution in [2.24, 2.45) is 0 Å². The van der Waals surface area contributed by atoms with Crippen molar-refractivity contribution in [1.29, 1.82) is 0 Å². The van der Waals surface area contributed by atoms with Crippen LogP contribution in [0.3, 0.4) is 0 Å². The first-order valence-corrected chi connectivity index (χ1v) is 37.1. The van der Waals surface area contributed by atoms with E-state index >= 15 is 0 Å². The number of aromatic nitrogens is 6. The first-order valence-electron chi connectivity index (χ1n) is 37.1. The monoisotopic (exact) mass is 1370 g/mol. The molecule has 0 spiro atoms. The van der Waals surface area contributed by atoms with Crippen LogP contribution in [0.25, 0.3) is 221 Å². The van der Waals surface area contributed by atoms with Gasteiger partial charge in [0.1, 0.15) is 0 Å². The second kappa shape index (κ2) is 23.5. The standard InChI is InChI=1S/2C51H31N3/c1-2-11-35(12-3-1)53-47-19-7-6-16-40(47)44-29-32(20-24-48(44)53)33-21-25-49-45(30-33)46-31-52-27-26-50(46)54(49)36-13-8-10-34(28-36)37-22-23-43-39-15-5-4-14-38(39)42-18-9-17-41(37)51(42)43;1-2-9-35(10-3-1)53-49-26-20-34(30-45(49)46-31-52-28-27-50(46)53)33-19-25-48-44(29-33)40-13-6-7-16-47(40)54(48)36-21-17-32(18-22-36)37-23-24-43-39-12-5-4-11-38(39)42-15-8-14-41(37)51(42)43/h2*1-31H. The van der Waals surface area contributed by atoms with Gasteiger partial charge in [-0.2, -0.15) is 0 Å². The van der Waals surface area contributed by atoms with Crippen molar-refractivity contribution in [1.82, 2.24) is 28.2 Å². The number of hydrogen-bond acceptors (Lipinski definition) is 2. The third-order valence-corrected chi connectivity index (χ3v) is 23.1. The molecule has 0 radical (unpaired) electrons. The predicted molar refractivity (Wildman–Crippen MR) is 451 cm³/mol. The third kappa shape index (κ3) is 8.95. The zero-order valence-corrected chi connectivity index (χ0v) is 58.5. The fraction of sp³-hybridized carbons (Fsp3) is 0. The maximum atomic E-state index is 4.60. The summed E-state index contributed by atoms with van der Waals surface area (Å²) in [4.78, 5) is 9.12. The fourth-order valence-corrected chi connectivity index (χ4v) is 18.4. The van der Waals surface area contributed by atoms with E-state index in [0.29, 0.717) is 0 Å². The van der Waals surface area contributed by atoms with Gasteiger partial charge in [-0.05, 0) is 232 Å². The molecule has 500 valence electrons. The van der Waals surface area contributed by atoms with Gasteiger partial charge in [0.05, 0.1) is 44.1 Å². The maximum absolute atomic E-state index is 4.60. The molecule has 108 heavy (non-hydrogen) atoms. The van der Waals surface area contributed by atoms with E-state index < -0.39 is 0 Å². The molecule has 0 amide bonds. The minimum atomic E-state index is 1.13. The summed E-state index contributed by atoms with van der Waals surface area (Å²) in [5.41, 5.74) is 34.4. The molecule has 24 rings (SSSR count). The van der Waals surface area contributed by atoms with Gasteiger partial charge in [-0.15, -0.1) is 0 Å². The summed E-state index contributed by atoms with van der Waals surface area (Å²) in [5, 5.41) is 15.0. The Kier molecular flexibility index (Phi) is 13.1. The summed E-state index contributed by atoms with van der Waals surface area (Å²) in [6, 6.07) is 129. The van der Waals surface area contributed by atoms with E-state index in [1.807, 2.05) is 24.8 Å². The Balaban J connectivity index is 0.000000130. The fourth-order valence-electron chi connectivity index (χ4n) is 18.4. The van der Waals surface area contributed by atoms with Crippen molar-refractivity contribution in [2.45, 2.75) is 0 Å². The molecule has 22 aromatic rings.